The van der Waals surface area contributed by atoms with Gasteiger partial charge in [0, 0.05) is 11.1 Å². The van der Waals surface area contributed by atoms with Gasteiger partial charge in [0.1, 0.15) is 5.75 Å². The molecule has 2 amide bonds. The van der Waals surface area contributed by atoms with Crippen molar-refractivity contribution < 1.29 is 19.6 Å². The average molecular weight is 323 g/mol. The van der Waals surface area contributed by atoms with Crippen molar-refractivity contribution in [3.05, 3.63) is 39.4 Å². The number of benzene rings is 1. The summed E-state index contributed by atoms with van der Waals surface area (Å²) in [5, 5.41) is 21.2. The molecule has 0 spiro atoms. The normalized spacial score (nSPS) is 24.2. The maximum atomic E-state index is 12.4. The minimum Gasteiger partial charge on any atom is -0.505 e. The Morgan fingerprint density at radius 3 is 2.59 bits per heavy atom. The molecule has 1 aromatic carbocycles. The van der Waals surface area contributed by atoms with Crippen LogP contribution in [-0.2, 0) is 9.59 Å². The van der Waals surface area contributed by atoms with E-state index in [0.29, 0.717) is 17.9 Å². The molecule has 0 radical (unpaired) electrons. The molecule has 1 saturated heterocycles. The summed E-state index contributed by atoms with van der Waals surface area (Å²) in [5.74, 6) is -2.37. The van der Waals surface area contributed by atoms with E-state index in [4.69, 9.17) is 11.6 Å². The van der Waals surface area contributed by atoms with Crippen LogP contribution < -0.4 is 4.90 Å². The quantitative estimate of drug-likeness (QED) is 0.511. The number of hydrogen-bond donors (Lipinski definition) is 1. The number of non-ortho nitro benzene ring substituents is 1. The van der Waals surface area contributed by atoms with Crippen LogP contribution in [0.2, 0.25) is 0 Å². The van der Waals surface area contributed by atoms with Crippen LogP contribution in [0.3, 0.4) is 0 Å². The number of rotatable bonds is 2. The lowest BCUT2D eigenvalue weighted by molar-refractivity contribution is -0.384. The molecule has 114 valence electrons. The van der Waals surface area contributed by atoms with Crippen LogP contribution in [0.4, 0.5) is 11.4 Å². The second kappa shape index (κ2) is 5.10. The molecule has 0 unspecified atom stereocenters. The first-order valence-corrected chi connectivity index (χ1v) is 6.97. The molecule has 0 bridgehead atoms. The van der Waals surface area contributed by atoms with Gasteiger partial charge in [-0.1, -0.05) is 17.7 Å². The fourth-order valence-corrected chi connectivity index (χ4v) is 3.13. The minimum atomic E-state index is -0.666. The fourth-order valence-electron chi connectivity index (χ4n) is 2.88. The molecule has 2 aliphatic rings. The number of amides is 2. The summed E-state index contributed by atoms with van der Waals surface area (Å²) >= 11 is 5.93. The highest BCUT2D eigenvalue weighted by Gasteiger charge is 2.49. The van der Waals surface area contributed by atoms with Crippen LogP contribution in [0.25, 0.3) is 0 Å². The molecule has 1 aliphatic carbocycles. The van der Waals surface area contributed by atoms with Crippen molar-refractivity contribution in [1.82, 2.24) is 0 Å². The van der Waals surface area contributed by atoms with E-state index in [9.17, 15) is 24.8 Å². The van der Waals surface area contributed by atoms with E-state index in [2.05, 4.69) is 0 Å². The zero-order valence-corrected chi connectivity index (χ0v) is 12.0. The van der Waals surface area contributed by atoms with Gasteiger partial charge in [-0.05, 0) is 18.9 Å². The number of anilines is 1. The van der Waals surface area contributed by atoms with Gasteiger partial charge in [-0.3, -0.25) is 19.7 Å². The predicted octanol–water partition coefficient (Wildman–Crippen LogP) is 2.32. The number of carbonyl (C=O) groups is 2. The van der Waals surface area contributed by atoms with Crippen molar-refractivity contribution in [1.29, 1.82) is 0 Å². The van der Waals surface area contributed by atoms with E-state index in [1.807, 2.05) is 0 Å². The summed E-state index contributed by atoms with van der Waals surface area (Å²) in [6.07, 6.45) is 2.38. The number of nitro benzene ring substituents is 1. The molecule has 8 heteroatoms. The Balaban J connectivity index is 1.98. The Morgan fingerprint density at radius 2 is 1.95 bits per heavy atom. The van der Waals surface area contributed by atoms with Gasteiger partial charge in [-0.2, -0.15) is 0 Å². The van der Waals surface area contributed by atoms with Crippen LogP contribution in [0, 0.1) is 22.0 Å². The van der Waals surface area contributed by atoms with Crippen molar-refractivity contribution in [3.63, 3.8) is 0 Å². The van der Waals surface area contributed by atoms with Crippen LogP contribution in [0.1, 0.15) is 12.8 Å². The Labute approximate surface area is 129 Å². The molecular weight excluding hydrogens is 312 g/mol. The summed E-state index contributed by atoms with van der Waals surface area (Å²) in [7, 11) is 0. The van der Waals surface area contributed by atoms with Crippen LogP contribution in [-0.4, -0.2) is 21.8 Å². The lowest BCUT2D eigenvalue weighted by atomic mass is 9.85. The van der Waals surface area contributed by atoms with Crippen LogP contribution in [0.5, 0.6) is 5.75 Å². The second-order valence-electron chi connectivity index (χ2n) is 5.25. The second-order valence-corrected chi connectivity index (χ2v) is 5.73. The van der Waals surface area contributed by atoms with Gasteiger partial charge in [0.15, 0.2) is 0 Å². The number of phenolic OH excluding ortho intramolecular Hbond substituents is 1. The topological polar surface area (TPSA) is 101 Å². The highest BCUT2D eigenvalue weighted by molar-refractivity contribution is 6.30. The van der Waals surface area contributed by atoms with E-state index in [-0.39, 0.29) is 11.4 Å². The number of imide groups is 1. The first-order valence-electron chi connectivity index (χ1n) is 6.60. The number of halogens is 1. The van der Waals surface area contributed by atoms with Gasteiger partial charge in [-0.15, -0.1) is 0 Å². The summed E-state index contributed by atoms with van der Waals surface area (Å²) in [6, 6.07) is 3.27. The molecule has 0 aromatic heterocycles. The number of carbonyl (C=O) groups excluding carboxylic acids is 2. The maximum Gasteiger partial charge on any atom is 0.273 e. The van der Waals surface area contributed by atoms with Crippen molar-refractivity contribution in [2.45, 2.75) is 12.8 Å². The predicted molar refractivity (Wildman–Crippen MR) is 77.4 cm³/mol. The van der Waals surface area contributed by atoms with Gasteiger partial charge < -0.3 is 5.11 Å². The first-order chi connectivity index (χ1) is 10.4. The number of nitro groups is 1. The van der Waals surface area contributed by atoms with Crippen molar-refractivity contribution in [2.24, 2.45) is 11.8 Å². The highest BCUT2D eigenvalue weighted by Crippen LogP contribution is 2.43. The van der Waals surface area contributed by atoms with Gasteiger partial charge in [-0.25, -0.2) is 4.90 Å². The van der Waals surface area contributed by atoms with Gasteiger partial charge in [0.05, 0.1) is 28.5 Å². The number of aromatic hydroxyl groups is 1. The third kappa shape index (κ3) is 2.14. The standard InChI is InChI=1S/C14H11ClN2O5/c15-7-1-3-9-10(5-7)14(20)16(13(9)19)11-4-2-8(17(21)22)6-12(11)18/h1-2,4,6,9-10,18H,3,5H2/t9-,10+/m1/s1. The lowest BCUT2D eigenvalue weighted by Crippen LogP contribution is -2.30. The molecule has 1 fully saturated rings. The van der Waals surface area contributed by atoms with Gasteiger partial charge in [0.2, 0.25) is 11.8 Å². The zero-order chi connectivity index (χ0) is 16.0. The van der Waals surface area contributed by atoms with Crippen molar-refractivity contribution in [2.75, 3.05) is 4.90 Å². The Bertz CT molecular complexity index is 730. The average Bonchev–Trinajstić information content (AvgIpc) is 2.71. The zero-order valence-electron chi connectivity index (χ0n) is 11.2. The summed E-state index contributed by atoms with van der Waals surface area (Å²) in [6.45, 7) is 0. The Morgan fingerprint density at radius 1 is 1.27 bits per heavy atom. The highest BCUT2D eigenvalue weighted by atomic mass is 35.5. The monoisotopic (exact) mass is 322 g/mol. The van der Waals surface area contributed by atoms with Crippen LogP contribution in [0.15, 0.2) is 29.3 Å². The minimum absolute atomic E-state index is 0.0360. The van der Waals surface area contributed by atoms with E-state index in [1.54, 1.807) is 6.08 Å². The lowest BCUT2D eigenvalue weighted by Gasteiger charge is -2.17. The number of allylic oxidation sites excluding steroid dienone is 2. The van der Waals surface area contributed by atoms with Gasteiger partial charge in [0.25, 0.3) is 5.69 Å². The first kappa shape index (κ1) is 14.5. The molecule has 3 rings (SSSR count). The molecule has 1 aromatic rings. The third-order valence-electron chi connectivity index (χ3n) is 3.98. The molecule has 1 aliphatic heterocycles. The van der Waals surface area contributed by atoms with E-state index in [0.717, 1.165) is 17.0 Å². The molecule has 7 nitrogen and oxygen atoms in total. The van der Waals surface area contributed by atoms with Crippen LogP contribution >= 0.6 is 11.6 Å². The van der Waals surface area contributed by atoms with E-state index in [1.165, 1.54) is 6.07 Å². The Kier molecular flexibility index (Phi) is 3.37. The number of fused-ring (bicyclic) bond motifs is 1. The molecule has 1 N–H and O–H groups in total. The molecule has 2 atom stereocenters. The van der Waals surface area contributed by atoms with Gasteiger partial charge >= 0.3 is 0 Å². The van der Waals surface area contributed by atoms with Crippen molar-refractivity contribution >= 4 is 34.8 Å². The van der Waals surface area contributed by atoms with E-state index < -0.39 is 34.3 Å². The number of hydrogen-bond acceptors (Lipinski definition) is 5. The Hall–Kier alpha value is -2.41. The molecule has 1 heterocycles. The third-order valence-corrected chi connectivity index (χ3v) is 4.29. The smallest absolute Gasteiger partial charge is 0.273 e. The summed E-state index contributed by atoms with van der Waals surface area (Å²) in [5.41, 5.74) is -0.353. The molecule has 0 saturated carbocycles. The number of nitrogens with zero attached hydrogens (tertiary/aromatic N) is 2. The molecule has 22 heavy (non-hydrogen) atoms. The fraction of sp³-hybridized carbons (Fsp3) is 0.286. The molecular formula is C14H11ClN2O5. The SMILES string of the molecule is O=C1[C@H]2CC(Cl)=CC[C@H]2C(=O)N1c1ccc([N+](=O)[O-])cc1O. The van der Waals surface area contributed by atoms with Crippen molar-refractivity contribution in [3.8, 4) is 5.75 Å². The van der Waals surface area contributed by atoms with E-state index >= 15 is 0 Å². The summed E-state index contributed by atoms with van der Waals surface area (Å²) < 4.78 is 0. The number of phenols is 1. The largest absolute Gasteiger partial charge is 0.505 e. The maximum absolute atomic E-state index is 12.4. The summed E-state index contributed by atoms with van der Waals surface area (Å²) in [4.78, 5) is 35.8.